The Labute approximate surface area is 87.0 Å². The Morgan fingerprint density at radius 3 is 1.93 bits per heavy atom. The molecule has 0 radical (unpaired) electrons. The maximum absolute atomic E-state index is 5.84. The van der Waals surface area contributed by atoms with Gasteiger partial charge in [0.2, 0.25) is 0 Å². The first-order chi connectivity index (χ1) is 6.70. The van der Waals surface area contributed by atoms with Crippen LogP contribution in [0.4, 0.5) is 0 Å². The Morgan fingerprint density at radius 2 is 1.43 bits per heavy atom. The van der Waals surface area contributed by atoms with Crippen LogP contribution in [0, 0.1) is 11.8 Å². The highest BCUT2D eigenvalue weighted by molar-refractivity contribution is 4.81. The molecule has 1 saturated carbocycles. The van der Waals surface area contributed by atoms with Crippen molar-refractivity contribution < 1.29 is 9.47 Å². The SMILES string of the molecule is CC1CCCC(C)CC2(C1)OCCO2. The van der Waals surface area contributed by atoms with Gasteiger partial charge in [0.1, 0.15) is 0 Å². The number of hydrogen-bond donors (Lipinski definition) is 0. The molecule has 0 N–H and O–H groups in total. The van der Waals surface area contributed by atoms with Crippen molar-refractivity contribution in [2.45, 2.75) is 51.7 Å². The number of ether oxygens (including phenoxy) is 2. The van der Waals surface area contributed by atoms with Gasteiger partial charge in [0, 0.05) is 12.8 Å². The van der Waals surface area contributed by atoms with E-state index < -0.39 is 0 Å². The van der Waals surface area contributed by atoms with E-state index in [4.69, 9.17) is 9.47 Å². The van der Waals surface area contributed by atoms with Crippen LogP contribution < -0.4 is 0 Å². The van der Waals surface area contributed by atoms with E-state index >= 15 is 0 Å². The third-order valence-corrected chi connectivity index (χ3v) is 3.53. The summed E-state index contributed by atoms with van der Waals surface area (Å²) in [5.41, 5.74) is 0. The minimum Gasteiger partial charge on any atom is -0.348 e. The zero-order valence-electron chi connectivity index (χ0n) is 9.42. The zero-order valence-corrected chi connectivity index (χ0v) is 9.42. The monoisotopic (exact) mass is 198 g/mol. The highest BCUT2D eigenvalue weighted by Gasteiger charge is 2.39. The van der Waals surface area contributed by atoms with Gasteiger partial charge < -0.3 is 9.47 Å². The molecule has 0 aromatic rings. The predicted octanol–water partition coefficient (Wildman–Crippen LogP) is 2.97. The molecule has 14 heavy (non-hydrogen) atoms. The van der Waals surface area contributed by atoms with Gasteiger partial charge in [-0.3, -0.25) is 0 Å². The molecule has 1 spiro atoms. The maximum Gasteiger partial charge on any atom is 0.169 e. The van der Waals surface area contributed by atoms with Gasteiger partial charge in [-0.1, -0.05) is 33.1 Å². The van der Waals surface area contributed by atoms with Gasteiger partial charge >= 0.3 is 0 Å². The Bertz CT molecular complexity index is 171. The molecule has 2 aliphatic rings. The van der Waals surface area contributed by atoms with E-state index in [1.54, 1.807) is 0 Å². The summed E-state index contributed by atoms with van der Waals surface area (Å²) < 4.78 is 11.7. The van der Waals surface area contributed by atoms with Gasteiger partial charge in [-0.15, -0.1) is 0 Å². The lowest BCUT2D eigenvalue weighted by Crippen LogP contribution is -2.35. The molecular formula is C12H22O2. The quantitative estimate of drug-likeness (QED) is 0.596. The van der Waals surface area contributed by atoms with Crippen LogP contribution in [0.15, 0.2) is 0 Å². The molecule has 2 fully saturated rings. The van der Waals surface area contributed by atoms with Crippen molar-refractivity contribution in [3.8, 4) is 0 Å². The Morgan fingerprint density at radius 1 is 0.929 bits per heavy atom. The summed E-state index contributed by atoms with van der Waals surface area (Å²) >= 11 is 0. The van der Waals surface area contributed by atoms with Gasteiger partial charge in [0.05, 0.1) is 13.2 Å². The molecule has 1 aliphatic carbocycles. The average molecular weight is 198 g/mol. The Kier molecular flexibility index (Phi) is 3.13. The molecule has 0 amide bonds. The normalized spacial score (nSPS) is 38.1. The van der Waals surface area contributed by atoms with E-state index in [1.807, 2.05) is 0 Å². The Hall–Kier alpha value is -0.0800. The molecule has 2 atom stereocenters. The largest absolute Gasteiger partial charge is 0.348 e. The molecule has 2 heteroatoms. The van der Waals surface area contributed by atoms with E-state index in [0.717, 1.165) is 37.9 Å². The van der Waals surface area contributed by atoms with E-state index in [1.165, 1.54) is 19.3 Å². The molecule has 2 rings (SSSR count). The first kappa shape index (κ1) is 10.4. The smallest absolute Gasteiger partial charge is 0.169 e. The first-order valence-electron chi connectivity index (χ1n) is 5.98. The number of rotatable bonds is 0. The van der Waals surface area contributed by atoms with Crippen molar-refractivity contribution in [1.82, 2.24) is 0 Å². The second kappa shape index (κ2) is 4.19. The zero-order chi connectivity index (χ0) is 10.0. The topological polar surface area (TPSA) is 18.5 Å². The Balaban J connectivity index is 2.03. The summed E-state index contributed by atoms with van der Waals surface area (Å²) in [6.07, 6.45) is 6.23. The van der Waals surface area contributed by atoms with Crippen LogP contribution in [0.25, 0.3) is 0 Å². The van der Waals surface area contributed by atoms with Gasteiger partial charge in [0.15, 0.2) is 5.79 Å². The van der Waals surface area contributed by atoms with E-state index in [2.05, 4.69) is 13.8 Å². The summed E-state index contributed by atoms with van der Waals surface area (Å²) in [6, 6.07) is 0. The van der Waals surface area contributed by atoms with Crippen LogP contribution in [0.2, 0.25) is 0 Å². The van der Waals surface area contributed by atoms with Crippen molar-refractivity contribution in [2.75, 3.05) is 13.2 Å². The maximum atomic E-state index is 5.84. The van der Waals surface area contributed by atoms with Crippen LogP contribution in [-0.4, -0.2) is 19.0 Å². The summed E-state index contributed by atoms with van der Waals surface area (Å²) in [6.45, 7) is 6.23. The average Bonchev–Trinajstić information content (AvgIpc) is 2.50. The van der Waals surface area contributed by atoms with Crippen LogP contribution in [0.3, 0.4) is 0 Å². The molecule has 0 aromatic carbocycles. The van der Waals surface area contributed by atoms with E-state index in [0.29, 0.717) is 0 Å². The van der Waals surface area contributed by atoms with Crippen LogP contribution in [0.5, 0.6) is 0 Å². The van der Waals surface area contributed by atoms with Gasteiger partial charge in [-0.05, 0) is 11.8 Å². The molecule has 0 bridgehead atoms. The number of hydrogen-bond acceptors (Lipinski definition) is 2. The van der Waals surface area contributed by atoms with Crippen molar-refractivity contribution in [2.24, 2.45) is 11.8 Å². The molecular weight excluding hydrogens is 176 g/mol. The lowest BCUT2D eigenvalue weighted by molar-refractivity contribution is -0.184. The van der Waals surface area contributed by atoms with Crippen molar-refractivity contribution in [3.63, 3.8) is 0 Å². The first-order valence-corrected chi connectivity index (χ1v) is 5.98. The fourth-order valence-corrected chi connectivity index (χ4v) is 2.90. The van der Waals surface area contributed by atoms with Gasteiger partial charge in [0.25, 0.3) is 0 Å². The molecule has 1 heterocycles. The van der Waals surface area contributed by atoms with Crippen LogP contribution >= 0.6 is 0 Å². The molecule has 1 saturated heterocycles. The van der Waals surface area contributed by atoms with Crippen molar-refractivity contribution in [3.05, 3.63) is 0 Å². The van der Waals surface area contributed by atoms with Gasteiger partial charge in [-0.2, -0.15) is 0 Å². The molecule has 82 valence electrons. The third-order valence-electron chi connectivity index (χ3n) is 3.53. The lowest BCUT2D eigenvalue weighted by Gasteiger charge is -2.34. The minimum absolute atomic E-state index is 0.209. The van der Waals surface area contributed by atoms with Crippen LogP contribution in [-0.2, 0) is 9.47 Å². The second-order valence-corrected chi connectivity index (χ2v) is 5.16. The standard InChI is InChI=1S/C12H22O2/c1-10-4-3-5-11(2)9-12(8-10)13-6-7-14-12/h10-11H,3-9H2,1-2H3. The third kappa shape index (κ3) is 2.29. The van der Waals surface area contributed by atoms with E-state index in [9.17, 15) is 0 Å². The molecule has 0 aromatic heterocycles. The fraction of sp³-hybridized carbons (Fsp3) is 1.00. The van der Waals surface area contributed by atoms with Crippen molar-refractivity contribution >= 4 is 0 Å². The van der Waals surface area contributed by atoms with Crippen molar-refractivity contribution in [1.29, 1.82) is 0 Å². The van der Waals surface area contributed by atoms with Crippen LogP contribution in [0.1, 0.15) is 46.0 Å². The highest BCUT2D eigenvalue weighted by atomic mass is 16.7. The summed E-state index contributed by atoms with van der Waals surface area (Å²) in [7, 11) is 0. The summed E-state index contributed by atoms with van der Waals surface area (Å²) in [4.78, 5) is 0. The van der Waals surface area contributed by atoms with E-state index in [-0.39, 0.29) is 5.79 Å². The summed E-state index contributed by atoms with van der Waals surface area (Å²) in [5, 5.41) is 0. The molecule has 1 aliphatic heterocycles. The lowest BCUT2D eigenvalue weighted by atomic mass is 9.84. The molecule has 2 nitrogen and oxygen atoms in total. The second-order valence-electron chi connectivity index (χ2n) is 5.16. The fourth-order valence-electron chi connectivity index (χ4n) is 2.90. The molecule has 2 unspecified atom stereocenters. The van der Waals surface area contributed by atoms with Gasteiger partial charge in [-0.25, -0.2) is 0 Å². The summed E-state index contributed by atoms with van der Waals surface area (Å²) in [5.74, 6) is 1.29. The highest BCUT2D eigenvalue weighted by Crippen LogP contribution is 2.38. The minimum atomic E-state index is -0.209. The predicted molar refractivity (Wildman–Crippen MR) is 56.0 cm³/mol.